The largest absolute Gasteiger partial charge is 0.349 e. The first kappa shape index (κ1) is 17.7. The molecule has 1 saturated carbocycles. The molecule has 2 atom stereocenters. The van der Waals surface area contributed by atoms with Gasteiger partial charge in [0, 0.05) is 18.1 Å². The predicted molar refractivity (Wildman–Crippen MR) is 94.2 cm³/mol. The van der Waals surface area contributed by atoms with Crippen molar-refractivity contribution in [3.8, 4) is 0 Å². The molecule has 0 radical (unpaired) electrons. The van der Waals surface area contributed by atoms with Gasteiger partial charge in [0.15, 0.2) is 0 Å². The molecule has 1 aromatic rings. The lowest BCUT2D eigenvalue weighted by molar-refractivity contribution is -0.127. The summed E-state index contributed by atoms with van der Waals surface area (Å²) in [5.74, 6) is 0.141. The number of hydrogen-bond acceptors (Lipinski definition) is 3. The van der Waals surface area contributed by atoms with Crippen LogP contribution in [0, 0.1) is 11.8 Å². The van der Waals surface area contributed by atoms with Crippen LogP contribution in [0.4, 0.5) is 0 Å². The van der Waals surface area contributed by atoms with Gasteiger partial charge in [-0.15, -0.1) is 0 Å². The molecule has 1 heterocycles. The Kier molecular flexibility index (Phi) is 5.18. The first-order valence-corrected chi connectivity index (χ1v) is 10.6. The molecule has 1 N–H and O–H groups in total. The number of sulfonamides is 1. The molecule has 0 aromatic heterocycles. The highest BCUT2D eigenvalue weighted by atomic mass is 35.5. The molecule has 1 aliphatic heterocycles. The maximum absolute atomic E-state index is 12.7. The minimum atomic E-state index is -3.24. The normalized spacial score (nSPS) is 23.7. The van der Waals surface area contributed by atoms with Crippen LogP contribution in [-0.4, -0.2) is 38.0 Å². The second kappa shape index (κ2) is 7.02. The molecular weight excluding hydrogens is 348 g/mol. The van der Waals surface area contributed by atoms with Crippen molar-refractivity contribution in [2.75, 3.05) is 19.3 Å². The molecule has 2 unspecified atom stereocenters. The van der Waals surface area contributed by atoms with E-state index in [1.165, 1.54) is 10.6 Å². The van der Waals surface area contributed by atoms with Crippen molar-refractivity contribution in [2.45, 2.75) is 31.7 Å². The van der Waals surface area contributed by atoms with Gasteiger partial charge in [-0.25, -0.2) is 12.7 Å². The molecule has 5 nitrogen and oxygen atoms in total. The summed E-state index contributed by atoms with van der Waals surface area (Å²) in [6.45, 7) is 0.786. The third-order valence-electron chi connectivity index (χ3n) is 4.84. The summed E-state index contributed by atoms with van der Waals surface area (Å²) < 4.78 is 24.9. The van der Waals surface area contributed by atoms with Crippen molar-refractivity contribution < 1.29 is 13.2 Å². The van der Waals surface area contributed by atoms with Gasteiger partial charge in [0.2, 0.25) is 15.9 Å². The first-order valence-electron chi connectivity index (χ1n) is 8.35. The summed E-state index contributed by atoms with van der Waals surface area (Å²) in [5.41, 5.74) is 1.06. The zero-order valence-electron chi connectivity index (χ0n) is 13.7. The van der Waals surface area contributed by atoms with Gasteiger partial charge in [0.05, 0.1) is 18.2 Å². The Morgan fingerprint density at radius 3 is 2.50 bits per heavy atom. The molecule has 0 bridgehead atoms. The topological polar surface area (TPSA) is 66.5 Å². The molecule has 1 saturated heterocycles. The molecule has 7 heteroatoms. The number of halogens is 1. The van der Waals surface area contributed by atoms with Crippen molar-refractivity contribution in [2.24, 2.45) is 11.8 Å². The van der Waals surface area contributed by atoms with Crippen molar-refractivity contribution in [1.29, 1.82) is 0 Å². The Hall–Kier alpha value is -1.11. The molecule has 132 valence electrons. The summed E-state index contributed by atoms with van der Waals surface area (Å²) in [6.07, 6.45) is 4.87. The number of carbonyl (C=O) groups excluding carboxylic acids is 1. The van der Waals surface area contributed by atoms with Crippen LogP contribution in [0.25, 0.3) is 0 Å². The maximum Gasteiger partial charge on any atom is 0.224 e. The van der Waals surface area contributed by atoms with Crippen molar-refractivity contribution in [1.82, 2.24) is 9.62 Å². The molecule has 1 aliphatic carbocycles. The number of nitrogens with zero attached hydrogens (tertiary/aromatic N) is 1. The average molecular weight is 371 g/mol. The Balaban J connectivity index is 1.68. The summed E-state index contributed by atoms with van der Waals surface area (Å²) in [4.78, 5) is 12.7. The second-order valence-electron chi connectivity index (χ2n) is 6.84. The third kappa shape index (κ3) is 4.29. The fourth-order valence-corrected chi connectivity index (χ4v) is 4.34. The predicted octanol–water partition coefficient (Wildman–Crippen LogP) is 2.58. The highest BCUT2D eigenvalue weighted by Crippen LogP contribution is 2.41. The highest BCUT2D eigenvalue weighted by molar-refractivity contribution is 7.88. The van der Waals surface area contributed by atoms with Gasteiger partial charge in [0.1, 0.15) is 0 Å². The minimum Gasteiger partial charge on any atom is -0.349 e. The van der Waals surface area contributed by atoms with Crippen LogP contribution in [0.2, 0.25) is 5.02 Å². The molecular formula is C17H23ClN2O3S. The minimum absolute atomic E-state index is 0.0108. The van der Waals surface area contributed by atoms with E-state index in [1.54, 1.807) is 0 Å². The maximum atomic E-state index is 12.7. The van der Waals surface area contributed by atoms with E-state index in [0.717, 1.165) is 31.2 Å². The Morgan fingerprint density at radius 1 is 1.25 bits per heavy atom. The zero-order chi connectivity index (χ0) is 17.3. The molecule has 2 fully saturated rings. The summed E-state index contributed by atoms with van der Waals surface area (Å²) in [7, 11) is -3.24. The van der Waals surface area contributed by atoms with Gasteiger partial charge in [0.25, 0.3) is 0 Å². The van der Waals surface area contributed by atoms with E-state index in [-0.39, 0.29) is 24.4 Å². The van der Waals surface area contributed by atoms with E-state index in [9.17, 15) is 13.2 Å². The number of piperidine rings is 1. The zero-order valence-corrected chi connectivity index (χ0v) is 15.3. The molecule has 24 heavy (non-hydrogen) atoms. The second-order valence-corrected chi connectivity index (χ2v) is 9.25. The average Bonchev–Trinajstić information content (AvgIpc) is 3.37. The quantitative estimate of drug-likeness (QED) is 0.866. The van der Waals surface area contributed by atoms with E-state index >= 15 is 0 Å². The Morgan fingerprint density at radius 2 is 1.92 bits per heavy atom. The van der Waals surface area contributed by atoms with Crippen molar-refractivity contribution in [3.05, 3.63) is 34.9 Å². The Bertz CT molecular complexity index is 701. The lowest BCUT2D eigenvalue weighted by Crippen LogP contribution is -2.46. The van der Waals surface area contributed by atoms with Crippen LogP contribution < -0.4 is 5.32 Å². The van der Waals surface area contributed by atoms with Gasteiger partial charge < -0.3 is 5.32 Å². The van der Waals surface area contributed by atoms with E-state index in [4.69, 9.17) is 11.6 Å². The first-order chi connectivity index (χ1) is 11.3. The van der Waals surface area contributed by atoms with Crippen LogP contribution in [0.5, 0.6) is 0 Å². The summed E-state index contributed by atoms with van der Waals surface area (Å²) in [5, 5.41) is 3.83. The number of rotatable bonds is 5. The van der Waals surface area contributed by atoms with Crippen LogP contribution >= 0.6 is 11.6 Å². The van der Waals surface area contributed by atoms with Gasteiger partial charge in [-0.1, -0.05) is 23.7 Å². The standard InChI is InChI=1S/C17H23ClN2O3S/c1-24(22,23)20-10-2-3-14(11-20)17(21)19-16(12-4-5-12)13-6-8-15(18)9-7-13/h6-9,12,14,16H,2-5,10-11H2,1H3,(H,19,21). The van der Waals surface area contributed by atoms with Gasteiger partial charge >= 0.3 is 0 Å². The molecule has 0 spiro atoms. The monoisotopic (exact) mass is 370 g/mol. The van der Waals surface area contributed by atoms with Crippen molar-refractivity contribution in [3.63, 3.8) is 0 Å². The van der Waals surface area contributed by atoms with Gasteiger partial charge in [-0.05, 0) is 49.3 Å². The number of amides is 1. The summed E-state index contributed by atoms with van der Waals surface area (Å²) >= 11 is 5.95. The number of carbonyl (C=O) groups is 1. The Labute approximate surface area is 148 Å². The van der Waals surface area contributed by atoms with E-state index < -0.39 is 10.0 Å². The molecule has 1 amide bonds. The van der Waals surface area contributed by atoms with Crippen molar-refractivity contribution >= 4 is 27.5 Å². The number of hydrogen-bond donors (Lipinski definition) is 1. The van der Waals surface area contributed by atoms with Crippen LogP contribution in [0.15, 0.2) is 24.3 Å². The van der Waals surface area contributed by atoms with Crippen LogP contribution in [0.3, 0.4) is 0 Å². The smallest absolute Gasteiger partial charge is 0.224 e. The van der Waals surface area contributed by atoms with E-state index in [1.807, 2.05) is 24.3 Å². The fourth-order valence-electron chi connectivity index (χ4n) is 3.30. The number of nitrogens with one attached hydrogen (secondary N) is 1. The highest BCUT2D eigenvalue weighted by Gasteiger charge is 2.36. The SMILES string of the molecule is CS(=O)(=O)N1CCCC(C(=O)NC(c2ccc(Cl)cc2)C2CC2)C1. The molecule has 2 aliphatic rings. The third-order valence-corrected chi connectivity index (χ3v) is 6.37. The molecule has 3 rings (SSSR count). The van der Waals surface area contributed by atoms with E-state index in [0.29, 0.717) is 17.5 Å². The lowest BCUT2D eigenvalue weighted by Gasteiger charge is -2.31. The molecule has 1 aromatic carbocycles. The fraction of sp³-hybridized carbons (Fsp3) is 0.588. The van der Waals surface area contributed by atoms with Crippen LogP contribution in [0.1, 0.15) is 37.3 Å². The number of benzene rings is 1. The summed E-state index contributed by atoms with van der Waals surface area (Å²) in [6, 6.07) is 7.57. The van der Waals surface area contributed by atoms with Gasteiger partial charge in [-0.2, -0.15) is 0 Å². The lowest BCUT2D eigenvalue weighted by atomic mass is 9.96. The van der Waals surface area contributed by atoms with Gasteiger partial charge in [-0.3, -0.25) is 4.79 Å². The van der Waals surface area contributed by atoms with Crippen LogP contribution in [-0.2, 0) is 14.8 Å². The van der Waals surface area contributed by atoms with E-state index in [2.05, 4.69) is 5.32 Å².